The maximum atomic E-state index is 12.9. The third kappa shape index (κ3) is 4.56. The smallest absolute Gasteiger partial charge is 0.255 e. The van der Waals surface area contributed by atoms with Crippen molar-refractivity contribution < 1.29 is 14.3 Å². The van der Waals surface area contributed by atoms with Gasteiger partial charge in [0.2, 0.25) is 0 Å². The van der Waals surface area contributed by atoms with Gasteiger partial charge in [-0.1, -0.05) is 18.0 Å². The molecule has 4 rings (SSSR count). The highest BCUT2D eigenvalue weighted by Crippen LogP contribution is 2.49. The Morgan fingerprint density at radius 1 is 1.27 bits per heavy atom. The van der Waals surface area contributed by atoms with E-state index in [0.29, 0.717) is 22.0 Å². The number of carbonyl (C=O) groups excluding carboxylic acids is 1. The molecule has 7 heteroatoms. The van der Waals surface area contributed by atoms with Gasteiger partial charge in [0.1, 0.15) is 5.75 Å². The van der Waals surface area contributed by atoms with Crippen LogP contribution in [0.25, 0.3) is 0 Å². The molecule has 2 bridgehead atoms. The fourth-order valence-electron chi connectivity index (χ4n) is 5.83. The minimum atomic E-state index is -0.212. The summed E-state index contributed by atoms with van der Waals surface area (Å²) in [5.74, 6) is 3.12. The van der Waals surface area contributed by atoms with Crippen molar-refractivity contribution in [2.75, 3.05) is 39.6 Å². The van der Waals surface area contributed by atoms with E-state index in [1.807, 2.05) is 0 Å². The molecule has 0 aromatic heterocycles. The number of methoxy groups -OCH3 is 2. The molecule has 1 amide bonds. The lowest BCUT2D eigenvalue weighted by atomic mass is 9.86. The van der Waals surface area contributed by atoms with Gasteiger partial charge >= 0.3 is 0 Å². The predicted molar refractivity (Wildman–Crippen MR) is 119 cm³/mol. The van der Waals surface area contributed by atoms with Gasteiger partial charge in [-0.05, 0) is 62.5 Å². The average Bonchev–Trinajstić information content (AvgIpc) is 3.37. The van der Waals surface area contributed by atoms with Crippen LogP contribution in [0.4, 0.5) is 5.69 Å². The summed E-state index contributed by atoms with van der Waals surface area (Å²) in [4.78, 5) is 15.4. The largest absolute Gasteiger partial charge is 0.496 e. The Labute approximate surface area is 184 Å². The Hall–Kier alpha value is -1.50. The topological polar surface area (TPSA) is 76.8 Å². The van der Waals surface area contributed by atoms with Gasteiger partial charge < -0.3 is 25.4 Å². The second-order valence-corrected chi connectivity index (χ2v) is 9.65. The summed E-state index contributed by atoms with van der Waals surface area (Å²) in [6.07, 6.45) is 7.96. The highest BCUT2D eigenvalue weighted by Gasteiger charge is 2.39. The summed E-state index contributed by atoms with van der Waals surface area (Å²) in [6, 6.07) is 3.11. The lowest BCUT2D eigenvalue weighted by Gasteiger charge is -2.38. The number of rotatable bonds is 7. The van der Waals surface area contributed by atoms with Crippen LogP contribution in [0.2, 0.25) is 5.02 Å². The van der Waals surface area contributed by atoms with E-state index in [-0.39, 0.29) is 18.1 Å². The highest BCUT2D eigenvalue weighted by molar-refractivity contribution is 6.33. The zero-order valence-corrected chi connectivity index (χ0v) is 18.8. The SMILES string of the molecule is COc1cc(N)c(Cl)cc1C(=O)N[C@H]1CCN(CCC2CC3CCC2C3)C[C@H]1OC. The molecule has 1 aromatic carbocycles. The van der Waals surface area contributed by atoms with Gasteiger partial charge in [0.25, 0.3) is 5.91 Å². The van der Waals surface area contributed by atoms with Crippen molar-refractivity contribution in [1.82, 2.24) is 10.2 Å². The number of piperidine rings is 1. The maximum absolute atomic E-state index is 12.9. The molecule has 1 aliphatic heterocycles. The number of nitrogens with zero attached hydrogens (tertiary/aromatic N) is 1. The summed E-state index contributed by atoms with van der Waals surface area (Å²) >= 11 is 6.12. The summed E-state index contributed by atoms with van der Waals surface area (Å²) in [6.45, 7) is 2.96. The number of nitrogen functional groups attached to an aromatic ring is 1. The number of ether oxygens (including phenoxy) is 2. The van der Waals surface area contributed by atoms with Crippen LogP contribution in [0.1, 0.15) is 48.9 Å². The lowest BCUT2D eigenvalue weighted by molar-refractivity contribution is 0.00429. The first kappa shape index (κ1) is 21.7. The maximum Gasteiger partial charge on any atom is 0.255 e. The second-order valence-electron chi connectivity index (χ2n) is 9.24. The van der Waals surface area contributed by atoms with Gasteiger partial charge in [0.05, 0.1) is 35.5 Å². The molecule has 2 aliphatic carbocycles. The summed E-state index contributed by atoms with van der Waals surface area (Å²) in [7, 11) is 3.25. The average molecular weight is 436 g/mol. The standard InChI is InChI=1S/C23H34ClN3O3/c1-29-21-12-19(25)18(24)11-17(21)23(28)26-20-6-8-27(13-22(20)30-2)7-5-16-10-14-3-4-15(16)9-14/h11-12,14-16,20,22H,3-10,13,25H2,1-2H3,(H,26,28)/t14?,15?,16?,20-,22+/m0/s1. The van der Waals surface area contributed by atoms with E-state index in [2.05, 4.69) is 10.2 Å². The number of hydrogen-bond donors (Lipinski definition) is 2. The van der Waals surface area contributed by atoms with E-state index in [1.165, 1.54) is 39.2 Å². The van der Waals surface area contributed by atoms with E-state index in [0.717, 1.165) is 43.8 Å². The van der Waals surface area contributed by atoms with Crippen molar-refractivity contribution in [3.05, 3.63) is 22.7 Å². The Morgan fingerprint density at radius 2 is 2.10 bits per heavy atom. The van der Waals surface area contributed by atoms with Gasteiger partial charge in [-0.3, -0.25) is 4.79 Å². The molecule has 2 saturated carbocycles. The van der Waals surface area contributed by atoms with Crippen molar-refractivity contribution in [1.29, 1.82) is 0 Å². The Morgan fingerprint density at radius 3 is 2.77 bits per heavy atom. The van der Waals surface area contributed by atoms with Gasteiger partial charge in [0.15, 0.2) is 0 Å². The van der Waals surface area contributed by atoms with Crippen LogP contribution >= 0.6 is 11.6 Å². The summed E-state index contributed by atoms with van der Waals surface area (Å²) in [5.41, 5.74) is 6.62. The van der Waals surface area contributed by atoms with Gasteiger partial charge in [-0.15, -0.1) is 0 Å². The fourth-order valence-corrected chi connectivity index (χ4v) is 5.99. The number of carbonyl (C=O) groups is 1. The molecule has 0 spiro atoms. The van der Waals surface area contributed by atoms with E-state index >= 15 is 0 Å². The van der Waals surface area contributed by atoms with E-state index in [1.54, 1.807) is 19.2 Å². The molecular weight excluding hydrogens is 402 g/mol. The quantitative estimate of drug-likeness (QED) is 0.640. The molecule has 1 saturated heterocycles. The normalized spacial score (nSPS) is 31.1. The summed E-state index contributed by atoms with van der Waals surface area (Å²) < 4.78 is 11.1. The second kappa shape index (κ2) is 9.33. The molecule has 30 heavy (non-hydrogen) atoms. The third-order valence-corrected chi connectivity index (χ3v) is 7.85. The monoisotopic (exact) mass is 435 g/mol. The molecule has 1 aromatic rings. The fraction of sp³-hybridized carbons (Fsp3) is 0.696. The molecule has 3 N–H and O–H groups in total. The first-order chi connectivity index (χ1) is 14.5. The minimum Gasteiger partial charge on any atom is -0.496 e. The predicted octanol–water partition coefficient (Wildman–Crippen LogP) is 3.58. The van der Waals surface area contributed by atoms with Crippen LogP contribution in [0, 0.1) is 17.8 Å². The van der Waals surface area contributed by atoms with E-state index < -0.39 is 0 Å². The molecule has 5 atom stereocenters. The number of fused-ring (bicyclic) bond motifs is 2. The van der Waals surface area contributed by atoms with Gasteiger partial charge in [-0.25, -0.2) is 0 Å². The molecule has 6 nitrogen and oxygen atoms in total. The first-order valence-electron chi connectivity index (χ1n) is 11.2. The van der Waals surface area contributed by atoms with E-state index in [9.17, 15) is 4.79 Å². The van der Waals surface area contributed by atoms with Crippen molar-refractivity contribution in [3.63, 3.8) is 0 Å². The Bertz CT molecular complexity index is 774. The van der Waals surface area contributed by atoms with E-state index in [4.69, 9.17) is 26.8 Å². The molecule has 0 radical (unpaired) electrons. The minimum absolute atomic E-state index is 0.0297. The van der Waals surface area contributed by atoms with Crippen LogP contribution in [0.3, 0.4) is 0 Å². The highest BCUT2D eigenvalue weighted by atomic mass is 35.5. The van der Waals surface area contributed by atoms with Crippen LogP contribution in [0.15, 0.2) is 12.1 Å². The zero-order valence-electron chi connectivity index (χ0n) is 18.0. The summed E-state index contributed by atoms with van der Waals surface area (Å²) in [5, 5.41) is 3.47. The van der Waals surface area contributed by atoms with Crippen molar-refractivity contribution in [2.45, 2.75) is 50.7 Å². The van der Waals surface area contributed by atoms with Crippen molar-refractivity contribution in [3.8, 4) is 5.75 Å². The molecular formula is C23H34ClN3O3. The number of benzene rings is 1. The number of hydrogen-bond acceptors (Lipinski definition) is 5. The number of halogens is 1. The van der Waals surface area contributed by atoms with Crippen LogP contribution in [-0.2, 0) is 4.74 Å². The van der Waals surface area contributed by atoms with Crippen LogP contribution < -0.4 is 15.8 Å². The number of amides is 1. The molecule has 3 aliphatic rings. The lowest BCUT2D eigenvalue weighted by Crippen LogP contribution is -2.55. The molecule has 1 heterocycles. The molecule has 3 unspecified atom stereocenters. The van der Waals surface area contributed by atoms with Gasteiger partial charge in [0, 0.05) is 26.3 Å². The van der Waals surface area contributed by atoms with Crippen LogP contribution in [-0.4, -0.2) is 56.8 Å². The van der Waals surface area contributed by atoms with Crippen molar-refractivity contribution >= 4 is 23.2 Å². The third-order valence-electron chi connectivity index (χ3n) is 7.53. The number of likely N-dealkylation sites (tertiary alicyclic amines) is 1. The van der Waals surface area contributed by atoms with Crippen LogP contribution in [0.5, 0.6) is 5.75 Å². The van der Waals surface area contributed by atoms with Gasteiger partial charge in [-0.2, -0.15) is 0 Å². The molecule has 166 valence electrons. The number of anilines is 1. The first-order valence-corrected chi connectivity index (χ1v) is 11.5. The van der Waals surface area contributed by atoms with Crippen molar-refractivity contribution in [2.24, 2.45) is 17.8 Å². The number of nitrogens with one attached hydrogen (secondary N) is 1. The zero-order chi connectivity index (χ0) is 21.3. The molecule has 3 fully saturated rings. The Kier molecular flexibility index (Phi) is 6.75. The number of nitrogens with two attached hydrogens (primary N) is 1. The Balaban J connectivity index is 1.32.